The summed E-state index contributed by atoms with van der Waals surface area (Å²) < 4.78 is 19.5. The van der Waals surface area contributed by atoms with Crippen LogP contribution in [0, 0.1) is 18.2 Å². The third kappa shape index (κ3) is 3.69. The van der Waals surface area contributed by atoms with Crippen LogP contribution in [0.1, 0.15) is 23.6 Å². The second kappa shape index (κ2) is 7.54. The van der Waals surface area contributed by atoms with Gasteiger partial charge in [0.05, 0.1) is 0 Å². The van der Waals surface area contributed by atoms with E-state index < -0.39 is 0 Å². The van der Waals surface area contributed by atoms with E-state index in [1.807, 2.05) is 30.3 Å². The van der Waals surface area contributed by atoms with Gasteiger partial charge in [-0.25, -0.2) is 4.39 Å². The van der Waals surface area contributed by atoms with Crippen LogP contribution in [0.4, 0.5) is 4.39 Å². The zero-order valence-corrected chi connectivity index (χ0v) is 13.5. The van der Waals surface area contributed by atoms with Crippen LogP contribution in [0.25, 0.3) is 0 Å². The molecule has 0 fully saturated rings. The summed E-state index contributed by atoms with van der Waals surface area (Å²) in [5.41, 5.74) is 2.10. The number of rotatable bonds is 5. The van der Waals surface area contributed by atoms with Crippen molar-refractivity contribution < 1.29 is 9.13 Å². The Balaban J connectivity index is 1.73. The molecule has 2 aromatic carbocycles. The Morgan fingerprint density at radius 1 is 1.26 bits per heavy atom. The van der Waals surface area contributed by atoms with E-state index in [1.54, 1.807) is 17.8 Å². The third-order valence-corrected chi connectivity index (χ3v) is 5.01. The van der Waals surface area contributed by atoms with Gasteiger partial charge in [0, 0.05) is 23.0 Å². The number of halogens is 1. The van der Waals surface area contributed by atoms with Gasteiger partial charge in [-0.05, 0) is 29.9 Å². The molecule has 1 atom stereocenters. The van der Waals surface area contributed by atoms with Gasteiger partial charge in [0.1, 0.15) is 18.2 Å². The summed E-state index contributed by atoms with van der Waals surface area (Å²) in [6, 6.07) is 13.3. The van der Waals surface area contributed by atoms with Crippen LogP contribution >= 0.6 is 11.8 Å². The Bertz CT molecular complexity index is 726. The van der Waals surface area contributed by atoms with Crippen molar-refractivity contribution in [3.63, 3.8) is 0 Å². The van der Waals surface area contributed by atoms with Gasteiger partial charge in [0.25, 0.3) is 0 Å². The molecule has 0 aliphatic carbocycles. The summed E-state index contributed by atoms with van der Waals surface area (Å²) in [4.78, 5) is 0.771. The lowest BCUT2D eigenvalue weighted by molar-refractivity contribution is 0.363. The van der Waals surface area contributed by atoms with Crippen molar-refractivity contribution in [3.8, 4) is 18.1 Å². The van der Waals surface area contributed by atoms with E-state index in [0.717, 1.165) is 33.9 Å². The first-order chi connectivity index (χ1) is 11.3. The molecule has 1 aliphatic heterocycles. The predicted octanol–water partition coefficient (Wildman–Crippen LogP) is 4.16. The molecule has 2 nitrogen and oxygen atoms in total. The lowest BCUT2D eigenvalue weighted by atomic mass is 10.0. The molecular weight excluding hydrogens is 309 g/mol. The highest BCUT2D eigenvalue weighted by Crippen LogP contribution is 2.38. The Labute approximate surface area is 140 Å². The van der Waals surface area contributed by atoms with Crippen LogP contribution in [-0.4, -0.2) is 12.4 Å². The fourth-order valence-electron chi connectivity index (χ4n) is 2.74. The van der Waals surface area contributed by atoms with Gasteiger partial charge in [0.15, 0.2) is 0 Å². The van der Waals surface area contributed by atoms with E-state index in [0.29, 0.717) is 6.54 Å². The maximum Gasteiger partial charge on any atom is 0.148 e. The number of nitrogens with one attached hydrogen (secondary N) is 1. The highest BCUT2D eigenvalue weighted by atomic mass is 32.2. The normalized spacial score (nSPS) is 16.4. The number of hydrogen-bond acceptors (Lipinski definition) is 3. The van der Waals surface area contributed by atoms with Gasteiger partial charge in [0.2, 0.25) is 0 Å². The SMILES string of the molecule is C#CCOc1ccccc1CNC1CCSc2c(F)cccc21. The highest BCUT2D eigenvalue weighted by Gasteiger charge is 2.22. The van der Waals surface area contributed by atoms with Crippen LogP contribution in [-0.2, 0) is 6.54 Å². The number of terminal acetylenes is 1. The van der Waals surface area contributed by atoms with E-state index >= 15 is 0 Å². The molecule has 0 amide bonds. The van der Waals surface area contributed by atoms with Crippen LogP contribution in [0.2, 0.25) is 0 Å². The number of benzene rings is 2. The monoisotopic (exact) mass is 327 g/mol. The molecule has 0 saturated heterocycles. The van der Waals surface area contributed by atoms with Crippen LogP contribution in [0.5, 0.6) is 5.75 Å². The van der Waals surface area contributed by atoms with Crippen LogP contribution in [0.15, 0.2) is 47.4 Å². The summed E-state index contributed by atoms with van der Waals surface area (Å²) in [6.45, 7) is 0.914. The topological polar surface area (TPSA) is 21.3 Å². The summed E-state index contributed by atoms with van der Waals surface area (Å²) in [5, 5.41) is 3.53. The number of para-hydroxylation sites is 1. The molecule has 0 aromatic heterocycles. The number of fused-ring (bicyclic) bond motifs is 1. The Morgan fingerprint density at radius 3 is 3.00 bits per heavy atom. The third-order valence-electron chi connectivity index (χ3n) is 3.85. The summed E-state index contributed by atoms with van der Waals surface area (Å²) >= 11 is 1.59. The van der Waals surface area contributed by atoms with Gasteiger partial charge < -0.3 is 10.1 Å². The summed E-state index contributed by atoms with van der Waals surface area (Å²) in [5.74, 6) is 4.06. The predicted molar refractivity (Wildman–Crippen MR) is 92.1 cm³/mol. The molecule has 1 heterocycles. The Hall–Kier alpha value is -1.96. The molecule has 3 rings (SSSR count). The van der Waals surface area contributed by atoms with Crippen molar-refractivity contribution in [2.45, 2.75) is 23.9 Å². The zero-order valence-electron chi connectivity index (χ0n) is 12.7. The Morgan fingerprint density at radius 2 is 2.13 bits per heavy atom. The second-order valence-electron chi connectivity index (χ2n) is 5.33. The lowest BCUT2D eigenvalue weighted by Crippen LogP contribution is -2.24. The molecule has 1 unspecified atom stereocenters. The average molecular weight is 327 g/mol. The largest absolute Gasteiger partial charge is 0.481 e. The molecule has 118 valence electrons. The lowest BCUT2D eigenvalue weighted by Gasteiger charge is -2.26. The molecular formula is C19H18FNOS. The molecule has 0 radical (unpaired) electrons. The first kappa shape index (κ1) is 15.9. The average Bonchev–Trinajstić information content (AvgIpc) is 2.59. The van der Waals surface area contributed by atoms with Gasteiger partial charge in [-0.2, -0.15) is 0 Å². The quantitative estimate of drug-likeness (QED) is 0.833. The van der Waals surface area contributed by atoms with Crippen molar-refractivity contribution in [2.75, 3.05) is 12.4 Å². The number of hydrogen-bond donors (Lipinski definition) is 1. The zero-order chi connectivity index (χ0) is 16.1. The standard InChI is InChI=1S/C19H18FNOS/c1-2-11-22-18-9-4-3-6-14(18)13-21-17-10-12-23-19-15(17)7-5-8-16(19)20/h1,3-9,17,21H,10-13H2. The van der Waals surface area contributed by atoms with Gasteiger partial charge in [-0.1, -0.05) is 36.3 Å². The molecule has 1 aliphatic rings. The smallest absolute Gasteiger partial charge is 0.148 e. The molecule has 0 spiro atoms. The maximum atomic E-state index is 13.9. The molecule has 1 N–H and O–H groups in total. The molecule has 4 heteroatoms. The molecule has 2 aromatic rings. The fraction of sp³-hybridized carbons (Fsp3) is 0.263. The number of thioether (sulfide) groups is 1. The van der Waals surface area contributed by atoms with Gasteiger partial charge in [-0.3, -0.25) is 0 Å². The van der Waals surface area contributed by atoms with E-state index in [1.165, 1.54) is 6.07 Å². The molecule has 0 saturated carbocycles. The summed E-state index contributed by atoms with van der Waals surface area (Å²) in [7, 11) is 0. The van der Waals surface area contributed by atoms with Gasteiger partial charge in [-0.15, -0.1) is 18.2 Å². The van der Waals surface area contributed by atoms with Crippen molar-refractivity contribution >= 4 is 11.8 Å². The van der Waals surface area contributed by atoms with E-state index in [2.05, 4.69) is 11.2 Å². The van der Waals surface area contributed by atoms with E-state index in [4.69, 9.17) is 11.2 Å². The van der Waals surface area contributed by atoms with Crippen molar-refractivity contribution in [1.82, 2.24) is 5.32 Å². The molecule has 0 bridgehead atoms. The first-order valence-corrected chi connectivity index (χ1v) is 8.57. The van der Waals surface area contributed by atoms with Crippen LogP contribution in [0.3, 0.4) is 0 Å². The fourth-order valence-corrected chi connectivity index (χ4v) is 3.88. The second-order valence-corrected chi connectivity index (χ2v) is 6.43. The van der Waals surface area contributed by atoms with E-state index in [9.17, 15) is 4.39 Å². The Kier molecular flexibility index (Phi) is 5.22. The van der Waals surface area contributed by atoms with E-state index in [-0.39, 0.29) is 18.5 Å². The van der Waals surface area contributed by atoms with Crippen molar-refractivity contribution in [2.24, 2.45) is 0 Å². The van der Waals surface area contributed by atoms with Gasteiger partial charge >= 0.3 is 0 Å². The van der Waals surface area contributed by atoms with Crippen LogP contribution < -0.4 is 10.1 Å². The molecule has 23 heavy (non-hydrogen) atoms. The number of ether oxygens (including phenoxy) is 1. The minimum atomic E-state index is -0.128. The summed E-state index contributed by atoms with van der Waals surface area (Å²) in [6.07, 6.45) is 6.24. The highest BCUT2D eigenvalue weighted by molar-refractivity contribution is 7.99. The first-order valence-electron chi connectivity index (χ1n) is 7.58. The van der Waals surface area contributed by atoms with Crippen molar-refractivity contribution in [1.29, 1.82) is 0 Å². The maximum absolute atomic E-state index is 13.9. The van der Waals surface area contributed by atoms with Crippen molar-refractivity contribution in [3.05, 3.63) is 59.4 Å². The minimum absolute atomic E-state index is 0.128. The minimum Gasteiger partial charge on any atom is -0.481 e.